The van der Waals surface area contributed by atoms with Gasteiger partial charge in [-0.15, -0.1) is 6.42 Å². The SMILES string of the molecule is C#CCNC(=O)CN(CC)C(C)(C)C(=O)O. The van der Waals surface area contributed by atoms with Crippen LogP contribution in [0.1, 0.15) is 20.8 Å². The van der Waals surface area contributed by atoms with Crippen molar-refractivity contribution < 1.29 is 14.7 Å². The third-order valence-electron chi connectivity index (χ3n) is 2.42. The van der Waals surface area contributed by atoms with Gasteiger partial charge in [0.25, 0.3) is 0 Å². The van der Waals surface area contributed by atoms with Crippen LogP contribution in [0.3, 0.4) is 0 Å². The quantitative estimate of drug-likeness (QED) is 0.622. The van der Waals surface area contributed by atoms with E-state index in [1.54, 1.807) is 25.7 Å². The molecule has 0 aromatic heterocycles. The zero-order valence-corrected chi connectivity index (χ0v) is 9.91. The number of rotatable bonds is 6. The molecular formula is C11H18N2O3. The molecule has 0 bridgehead atoms. The molecule has 0 aliphatic carbocycles. The van der Waals surface area contributed by atoms with Crippen molar-refractivity contribution in [2.75, 3.05) is 19.6 Å². The molecule has 16 heavy (non-hydrogen) atoms. The Morgan fingerprint density at radius 3 is 2.44 bits per heavy atom. The van der Waals surface area contributed by atoms with Gasteiger partial charge in [0, 0.05) is 0 Å². The minimum Gasteiger partial charge on any atom is -0.480 e. The maximum atomic E-state index is 11.4. The van der Waals surface area contributed by atoms with Crippen molar-refractivity contribution in [1.29, 1.82) is 0 Å². The minimum absolute atomic E-state index is 0.0253. The van der Waals surface area contributed by atoms with Crippen molar-refractivity contribution in [3.05, 3.63) is 0 Å². The molecule has 90 valence electrons. The van der Waals surface area contributed by atoms with E-state index in [-0.39, 0.29) is 19.0 Å². The van der Waals surface area contributed by atoms with Gasteiger partial charge in [0.15, 0.2) is 0 Å². The van der Waals surface area contributed by atoms with Crippen molar-refractivity contribution >= 4 is 11.9 Å². The van der Waals surface area contributed by atoms with E-state index in [2.05, 4.69) is 11.2 Å². The smallest absolute Gasteiger partial charge is 0.323 e. The second kappa shape index (κ2) is 6.13. The third kappa shape index (κ3) is 3.91. The van der Waals surface area contributed by atoms with Crippen LogP contribution in [0.15, 0.2) is 0 Å². The Balaban J connectivity index is 4.48. The molecule has 1 amide bonds. The van der Waals surface area contributed by atoms with Crippen molar-refractivity contribution in [3.63, 3.8) is 0 Å². The van der Waals surface area contributed by atoms with Gasteiger partial charge in [-0.2, -0.15) is 0 Å². The molecular weight excluding hydrogens is 208 g/mol. The summed E-state index contributed by atoms with van der Waals surface area (Å²) in [7, 11) is 0. The highest BCUT2D eigenvalue weighted by Crippen LogP contribution is 2.13. The molecule has 0 unspecified atom stereocenters. The first kappa shape index (κ1) is 14.5. The summed E-state index contributed by atoms with van der Waals surface area (Å²) >= 11 is 0. The van der Waals surface area contributed by atoms with Crippen LogP contribution in [-0.4, -0.2) is 47.1 Å². The fourth-order valence-corrected chi connectivity index (χ4v) is 1.22. The highest BCUT2D eigenvalue weighted by molar-refractivity contribution is 5.81. The van der Waals surface area contributed by atoms with Crippen LogP contribution in [0.2, 0.25) is 0 Å². The molecule has 0 heterocycles. The van der Waals surface area contributed by atoms with Gasteiger partial charge in [-0.05, 0) is 20.4 Å². The lowest BCUT2D eigenvalue weighted by Crippen LogP contribution is -2.53. The Bertz CT molecular complexity index is 305. The topological polar surface area (TPSA) is 69.6 Å². The summed E-state index contributed by atoms with van der Waals surface area (Å²) in [6, 6.07) is 0. The number of terminal acetylenes is 1. The number of hydrogen-bond donors (Lipinski definition) is 2. The Morgan fingerprint density at radius 1 is 1.50 bits per heavy atom. The zero-order chi connectivity index (χ0) is 12.8. The number of amides is 1. The minimum atomic E-state index is -1.07. The van der Waals surface area contributed by atoms with Gasteiger partial charge in [-0.25, -0.2) is 0 Å². The predicted molar refractivity (Wildman–Crippen MR) is 60.8 cm³/mol. The number of aliphatic carboxylic acids is 1. The summed E-state index contributed by atoms with van der Waals surface area (Å²) in [5, 5.41) is 11.5. The van der Waals surface area contributed by atoms with Crippen LogP contribution >= 0.6 is 0 Å². The fourth-order valence-electron chi connectivity index (χ4n) is 1.22. The second-order valence-corrected chi connectivity index (χ2v) is 3.86. The van der Waals surface area contributed by atoms with E-state index in [0.29, 0.717) is 6.54 Å². The Kier molecular flexibility index (Phi) is 5.54. The van der Waals surface area contributed by atoms with E-state index in [4.69, 9.17) is 11.5 Å². The van der Waals surface area contributed by atoms with Gasteiger partial charge in [0.2, 0.25) is 5.91 Å². The molecule has 2 N–H and O–H groups in total. The van der Waals surface area contributed by atoms with Crippen LogP contribution in [0, 0.1) is 12.3 Å². The summed E-state index contributed by atoms with van der Waals surface area (Å²) in [5.41, 5.74) is -1.07. The molecule has 0 fully saturated rings. The molecule has 5 heteroatoms. The monoisotopic (exact) mass is 226 g/mol. The predicted octanol–water partition coefficient (Wildman–Crippen LogP) is -0.0791. The lowest BCUT2D eigenvalue weighted by molar-refractivity contribution is -0.150. The number of carbonyl (C=O) groups is 2. The van der Waals surface area contributed by atoms with Crippen molar-refractivity contribution in [2.45, 2.75) is 26.3 Å². The normalized spacial score (nSPS) is 10.9. The number of carbonyl (C=O) groups excluding carboxylic acids is 1. The van der Waals surface area contributed by atoms with Gasteiger partial charge in [-0.3, -0.25) is 14.5 Å². The van der Waals surface area contributed by atoms with E-state index in [0.717, 1.165) is 0 Å². The number of likely N-dealkylation sites (N-methyl/N-ethyl adjacent to an activating group) is 1. The van der Waals surface area contributed by atoms with Crippen LogP contribution in [0.4, 0.5) is 0 Å². The van der Waals surface area contributed by atoms with Crippen LogP contribution in [0.5, 0.6) is 0 Å². The molecule has 0 radical (unpaired) electrons. The van der Waals surface area contributed by atoms with Crippen molar-refractivity contribution in [1.82, 2.24) is 10.2 Å². The number of carboxylic acid groups (broad SMARTS) is 1. The molecule has 0 aliphatic heterocycles. The molecule has 5 nitrogen and oxygen atoms in total. The van der Waals surface area contributed by atoms with Crippen LogP contribution in [-0.2, 0) is 9.59 Å². The average molecular weight is 226 g/mol. The summed E-state index contributed by atoms with van der Waals surface area (Å²) < 4.78 is 0. The molecule has 0 atom stereocenters. The fraction of sp³-hybridized carbons (Fsp3) is 0.636. The van der Waals surface area contributed by atoms with Crippen molar-refractivity contribution in [3.8, 4) is 12.3 Å². The van der Waals surface area contributed by atoms with E-state index >= 15 is 0 Å². The van der Waals surface area contributed by atoms with Gasteiger partial charge in [0.05, 0.1) is 13.1 Å². The van der Waals surface area contributed by atoms with E-state index in [1.165, 1.54) is 0 Å². The lowest BCUT2D eigenvalue weighted by Gasteiger charge is -2.33. The van der Waals surface area contributed by atoms with Gasteiger partial charge >= 0.3 is 5.97 Å². The Hall–Kier alpha value is -1.54. The number of hydrogen-bond acceptors (Lipinski definition) is 3. The maximum absolute atomic E-state index is 11.4. The molecule has 0 saturated carbocycles. The third-order valence-corrected chi connectivity index (χ3v) is 2.42. The van der Waals surface area contributed by atoms with Gasteiger partial charge in [-0.1, -0.05) is 12.8 Å². The van der Waals surface area contributed by atoms with Crippen LogP contribution < -0.4 is 5.32 Å². The lowest BCUT2D eigenvalue weighted by atomic mass is 10.0. The number of nitrogens with one attached hydrogen (secondary N) is 1. The molecule has 0 saturated heterocycles. The summed E-state index contributed by atoms with van der Waals surface area (Å²) in [6.07, 6.45) is 5.00. The Labute approximate surface area is 95.8 Å². The van der Waals surface area contributed by atoms with E-state index in [1.807, 2.05) is 0 Å². The molecule has 0 aliphatic rings. The highest BCUT2D eigenvalue weighted by Gasteiger charge is 2.34. The molecule has 0 aromatic rings. The van der Waals surface area contributed by atoms with E-state index < -0.39 is 11.5 Å². The average Bonchev–Trinajstić information content (AvgIpc) is 2.22. The van der Waals surface area contributed by atoms with Crippen LogP contribution in [0.25, 0.3) is 0 Å². The molecule has 0 aromatic carbocycles. The molecule has 0 spiro atoms. The van der Waals surface area contributed by atoms with Crippen molar-refractivity contribution in [2.24, 2.45) is 0 Å². The zero-order valence-electron chi connectivity index (χ0n) is 9.91. The largest absolute Gasteiger partial charge is 0.480 e. The number of carboxylic acids is 1. The van der Waals surface area contributed by atoms with Gasteiger partial charge < -0.3 is 10.4 Å². The maximum Gasteiger partial charge on any atom is 0.323 e. The van der Waals surface area contributed by atoms with Gasteiger partial charge in [0.1, 0.15) is 5.54 Å². The Morgan fingerprint density at radius 2 is 2.06 bits per heavy atom. The first-order chi connectivity index (χ1) is 7.36. The standard InChI is InChI=1S/C11H18N2O3/c1-5-7-12-9(14)8-13(6-2)11(3,4)10(15)16/h1H,6-8H2,2-4H3,(H,12,14)(H,15,16). The first-order valence-electron chi connectivity index (χ1n) is 5.04. The second-order valence-electron chi connectivity index (χ2n) is 3.86. The highest BCUT2D eigenvalue weighted by atomic mass is 16.4. The number of nitrogens with zero attached hydrogens (tertiary/aromatic N) is 1. The summed E-state index contributed by atoms with van der Waals surface area (Å²) in [4.78, 5) is 24.0. The van der Waals surface area contributed by atoms with E-state index in [9.17, 15) is 9.59 Å². The molecule has 0 rings (SSSR count). The summed E-state index contributed by atoms with van der Waals surface area (Å²) in [6.45, 7) is 5.59. The summed E-state index contributed by atoms with van der Waals surface area (Å²) in [5.74, 6) is 1.06. The first-order valence-corrected chi connectivity index (χ1v) is 5.04.